The smallest absolute Gasteiger partial charge is 0.0923 e. The molecule has 2 aromatic carbocycles. The molecule has 4 nitrogen and oxygen atoms in total. The van der Waals surface area contributed by atoms with Gasteiger partial charge in [-0.05, 0) is 45.0 Å². The Bertz CT molecular complexity index is 897. The molecule has 2 aromatic heterocycles. The zero-order valence-electron chi connectivity index (χ0n) is 14.4. The molecule has 0 aliphatic carbocycles. The van der Waals surface area contributed by atoms with Crippen molar-refractivity contribution >= 4 is 21.8 Å². The first kappa shape index (κ1) is 16.7. The fourth-order valence-electron chi connectivity index (χ4n) is 2.31. The summed E-state index contributed by atoms with van der Waals surface area (Å²) in [5.41, 5.74) is 5.85. The van der Waals surface area contributed by atoms with E-state index >= 15 is 0 Å². The molecule has 0 saturated heterocycles. The van der Waals surface area contributed by atoms with Crippen molar-refractivity contribution in [3.8, 4) is 0 Å². The summed E-state index contributed by atoms with van der Waals surface area (Å²) >= 11 is 0. The second kappa shape index (κ2) is 7.58. The minimum absolute atomic E-state index is 0. The van der Waals surface area contributed by atoms with Crippen molar-refractivity contribution in [1.29, 1.82) is 0 Å². The second-order valence-electron chi connectivity index (χ2n) is 5.33. The summed E-state index contributed by atoms with van der Waals surface area (Å²) in [6.45, 7) is 10.2. The first-order chi connectivity index (χ1) is 11.1. The maximum Gasteiger partial charge on any atom is 0.0923 e. The van der Waals surface area contributed by atoms with Gasteiger partial charge in [-0.3, -0.25) is 10.2 Å². The molecule has 0 spiro atoms. The average molecular weight is 312 g/mol. The van der Waals surface area contributed by atoms with Gasteiger partial charge in [0.15, 0.2) is 0 Å². The predicted molar refractivity (Wildman–Crippen MR) is 102 cm³/mol. The number of hydrogen-bond acceptors (Lipinski definition) is 2. The van der Waals surface area contributed by atoms with E-state index in [0.29, 0.717) is 0 Å². The van der Waals surface area contributed by atoms with Crippen molar-refractivity contribution in [2.75, 3.05) is 0 Å². The molecule has 4 rings (SSSR count). The quantitative estimate of drug-likeness (QED) is 0.446. The zero-order valence-corrected chi connectivity index (χ0v) is 14.4. The number of aryl methyl sites for hydroxylation is 3. The van der Waals surface area contributed by atoms with E-state index in [1.54, 1.807) is 0 Å². The van der Waals surface area contributed by atoms with Crippen LogP contribution < -0.4 is 0 Å². The fourth-order valence-corrected chi connectivity index (χ4v) is 2.31. The molecule has 23 heavy (non-hydrogen) atoms. The van der Waals surface area contributed by atoms with Crippen LogP contribution >= 0.6 is 0 Å². The van der Waals surface area contributed by atoms with Gasteiger partial charge >= 0.3 is 0 Å². The Hall–Kier alpha value is -2.62. The summed E-state index contributed by atoms with van der Waals surface area (Å²) in [6.07, 6.45) is 1.84. The molecule has 0 aliphatic heterocycles. The first-order valence-electron chi connectivity index (χ1n) is 7.94. The van der Waals surface area contributed by atoms with Crippen LogP contribution in [0.4, 0.5) is 0 Å². The largest absolute Gasteiger partial charge is 0.282 e. The highest BCUT2D eigenvalue weighted by Gasteiger charge is 1.98. The summed E-state index contributed by atoms with van der Waals surface area (Å²) in [7, 11) is 0. The summed E-state index contributed by atoms with van der Waals surface area (Å²) < 4.78 is 0. The van der Waals surface area contributed by atoms with E-state index in [-0.39, 0.29) is 2.85 Å². The van der Waals surface area contributed by atoms with Gasteiger partial charge in [0.1, 0.15) is 0 Å². The minimum atomic E-state index is 0. The second-order valence-corrected chi connectivity index (χ2v) is 5.33. The number of nitrogens with one attached hydrogen (secondary N) is 2. The van der Waals surface area contributed by atoms with Gasteiger partial charge in [0, 0.05) is 19.3 Å². The molecule has 0 unspecified atom stereocenters. The number of aromatic amines is 2. The van der Waals surface area contributed by atoms with Crippen LogP contribution in [-0.2, 0) is 0 Å². The lowest BCUT2D eigenvalue weighted by molar-refractivity contribution is 1.07. The third kappa shape index (κ3) is 3.97. The summed E-state index contributed by atoms with van der Waals surface area (Å²) in [4.78, 5) is 0. The van der Waals surface area contributed by atoms with Gasteiger partial charge in [-0.15, -0.1) is 0 Å². The first-order valence-corrected chi connectivity index (χ1v) is 7.94. The fraction of sp³-hybridized carbons (Fsp3) is 0.263. The van der Waals surface area contributed by atoms with Gasteiger partial charge in [-0.2, -0.15) is 10.2 Å². The Morgan fingerprint density at radius 3 is 2.35 bits per heavy atom. The van der Waals surface area contributed by atoms with Crippen molar-refractivity contribution < 1.29 is 2.85 Å². The number of nitrogens with zero attached hydrogens (tertiary/aromatic N) is 2. The Morgan fingerprint density at radius 1 is 0.870 bits per heavy atom. The molecule has 0 bridgehead atoms. The Labute approximate surface area is 139 Å². The molecular weight excluding hydrogens is 284 g/mol. The maximum atomic E-state index is 4.13. The summed E-state index contributed by atoms with van der Waals surface area (Å²) in [5, 5.41) is 16.3. The number of hydrogen-bond donors (Lipinski definition) is 2. The summed E-state index contributed by atoms with van der Waals surface area (Å²) in [5.74, 6) is 0. The zero-order chi connectivity index (χ0) is 16.8. The number of benzene rings is 2. The number of H-pyrrole nitrogens is 2. The highest BCUT2D eigenvalue weighted by molar-refractivity contribution is 5.81. The van der Waals surface area contributed by atoms with Crippen LogP contribution in [0, 0.1) is 20.8 Å². The van der Waals surface area contributed by atoms with Gasteiger partial charge in [0.2, 0.25) is 0 Å². The van der Waals surface area contributed by atoms with E-state index in [1.165, 1.54) is 21.9 Å². The molecule has 4 heteroatoms. The van der Waals surface area contributed by atoms with E-state index in [1.807, 2.05) is 39.1 Å². The number of rotatable bonds is 0. The molecule has 0 fully saturated rings. The van der Waals surface area contributed by atoms with Crippen molar-refractivity contribution in [2.45, 2.75) is 34.6 Å². The highest BCUT2D eigenvalue weighted by atomic mass is 15.1. The van der Waals surface area contributed by atoms with E-state index in [0.717, 1.165) is 16.7 Å². The van der Waals surface area contributed by atoms with Crippen LogP contribution in [0.2, 0.25) is 0 Å². The number of aromatic nitrogens is 4. The van der Waals surface area contributed by atoms with E-state index < -0.39 is 0 Å². The van der Waals surface area contributed by atoms with Crippen molar-refractivity contribution in [3.63, 3.8) is 0 Å². The van der Waals surface area contributed by atoms with Crippen LogP contribution in [0.1, 0.15) is 33.5 Å². The monoisotopic (exact) mass is 312 g/mol. The van der Waals surface area contributed by atoms with Gasteiger partial charge in [-0.25, -0.2) is 0 Å². The lowest BCUT2D eigenvalue weighted by atomic mass is 10.1. The van der Waals surface area contributed by atoms with Crippen molar-refractivity contribution in [1.82, 2.24) is 20.4 Å². The lowest BCUT2D eigenvalue weighted by Gasteiger charge is -1.91. The molecule has 0 saturated carbocycles. The van der Waals surface area contributed by atoms with Crippen LogP contribution in [0.25, 0.3) is 21.8 Å². The van der Waals surface area contributed by atoms with Crippen LogP contribution in [0.3, 0.4) is 0 Å². The topological polar surface area (TPSA) is 57.4 Å². The SMILES string of the molecule is CC.Cc1ccc2[nH]ncc2c1.Cc1ccc2n[nH]c(C)c2c1.[HH].[HH]. The molecule has 0 aliphatic rings. The molecule has 0 radical (unpaired) electrons. The van der Waals surface area contributed by atoms with E-state index in [2.05, 4.69) is 58.5 Å². The van der Waals surface area contributed by atoms with Gasteiger partial charge in [0.25, 0.3) is 0 Å². The molecular formula is C19H28N4. The lowest BCUT2D eigenvalue weighted by Crippen LogP contribution is -1.72. The highest BCUT2D eigenvalue weighted by Crippen LogP contribution is 2.15. The van der Waals surface area contributed by atoms with Gasteiger partial charge in [0.05, 0.1) is 17.2 Å². The molecule has 0 amide bonds. The Morgan fingerprint density at radius 2 is 1.57 bits per heavy atom. The minimum Gasteiger partial charge on any atom is -0.282 e. The molecule has 124 valence electrons. The normalized spacial score (nSPS) is 9.96. The molecule has 4 aromatic rings. The van der Waals surface area contributed by atoms with Crippen LogP contribution in [0.15, 0.2) is 42.6 Å². The van der Waals surface area contributed by atoms with Gasteiger partial charge < -0.3 is 0 Å². The average Bonchev–Trinajstić information content (AvgIpc) is 3.17. The third-order valence-corrected chi connectivity index (χ3v) is 3.50. The van der Waals surface area contributed by atoms with Crippen molar-refractivity contribution in [3.05, 3.63) is 59.4 Å². The van der Waals surface area contributed by atoms with E-state index in [9.17, 15) is 0 Å². The van der Waals surface area contributed by atoms with Crippen LogP contribution in [-0.4, -0.2) is 20.4 Å². The van der Waals surface area contributed by atoms with Gasteiger partial charge in [-0.1, -0.05) is 37.1 Å². The summed E-state index contributed by atoms with van der Waals surface area (Å²) in [6, 6.07) is 12.5. The van der Waals surface area contributed by atoms with E-state index in [4.69, 9.17) is 0 Å². The standard InChI is InChI=1S/C9H10N2.C8H8N2.C2H6.2H2/c1-6-3-4-9-8(5-6)7(2)10-11-9;1-6-2-3-8-7(4-6)5-9-10-8;1-2;;/h3-5H,1-2H3,(H,10,11);2-5H,1H3,(H,9,10);1-2H3;2*1H. The third-order valence-electron chi connectivity index (χ3n) is 3.50. The predicted octanol–water partition coefficient (Wildman–Crippen LogP) is 5.57. The Kier molecular flexibility index (Phi) is 5.52. The van der Waals surface area contributed by atoms with Crippen molar-refractivity contribution in [2.24, 2.45) is 0 Å². The van der Waals surface area contributed by atoms with Crippen LogP contribution in [0.5, 0.6) is 0 Å². The molecule has 2 N–H and O–H groups in total. The molecule has 0 atom stereocenters. The Balaban J connectivity index is 0.000000392. The number of fused-ring (bicyclic) bond motifs is 2. The molecule has 2 heterocycles. The maximum absolute atomic E-state index is 4.13.